The molecule has 0 N–H and O–H groups in total. The maximum Gasteiger partial charge on any atom is 0.168 e. The molecule has 2 aliphatic rings. The van der Waals surface area contributed by atoms with Crippen molar-refractivity contribution in [1.82, 2.24) is 30.0 Å². The van der Waals surface area contributed by atoms with Gasteiger partial charge in [0.2, 0.25) is 0 Å². The van der Waals surface area contributed by atoms with E-state index in [2.05, 4.69) is 43.5 Å². The van der Waals surface area contributed by atoms with Crippen molar-refractivity contribution < 1.29 is 0 Å². The van der Waals surface area contributed by atoms with Crippen molar-refractivity contribution in [3.63, 3.8) is 0 Å². The van der Waals surface area contributed by atoms with Crippen LogP contribution in [-0.2, 0) is 0 Å². The average Bonchev–Trinajstić information content (AvgIpc) is 3.20. The summed E-state index contributed by atoms with van der Waals surface area (Å²) in [4.78, 5) is 5.01. The molecule has 1 aromatic rings. The molecule has 122 valence electrons. The summed E-state index contributed by atoms with van der Waals surface area (Å²) in [6, 6.07) is 0.864. The van der Waals surface area contributed by atoms with Crippen LogP contribution >= 0.6 is 0 Å². The molecule has 22 heavy (non-hydrogen) atoms. The summed E-state index contributed by atoms with van der Waals surface area (Å²) in [5.41, 5.74) is 0. The summed E-state index contributed by atoms with van der Waals surface area (Å²) < 4.78 is 2.12. The van der Waals surface area contributed by atoms with Crippen molar-refractivity contribution in [3.05, 3.63) is 18.5 Å². The Labute approximate surface area is 133 Å². The number of tetrazole rings is 1. The van der Waals surface area contributed by atoms with Crippen LogP contribution in [0.1, 0.15) is 56.9 Å². The predicted octanol–water partition coefficient (Wildman–Crippen LogP) is 2.04. The summed E-state index contributed by atoms with van der Waals surface area (Å²) in [7, 11) is 0. The smallest absolute Gasteiger partial charge is 0.168 e. The number of piperazine rings is 1. The maximum absolute atomic E-state index is 4.39. The monoisotopic (exact) mass is 304 g/mol. The van der Waals surface area contributed by atoms with Gasteiger partial charge in [-0.3, -0.25) is 9.80 Å². The molecule has 1 atom stereocenters. The van der Waals surface area contributed by atoms with Gasteiger partial charge in [0.05, 0.1) is 12.1 Å². The van der Waals surface area contributed by atoms with Crippen LogP contribution in [0.5, 0.6) is 0 Å². The van der Waals surface area contributed by atoms with Gasteiger partial charge in [0.25, 0.3) is 0 Å². The predicted molar refractivity (Wildman–Crippen MR) is 86.6 cm³/mol. The first kappa shape index (κ1) is 15.6. The molecule has 0 aromatic carbocycles. The number of nitrogens with zero attached hydrogens (tertiary/aromatic N) is 6. The van der Waals surface area contributed by atoms with E-state index in [-0.39, 0.29) is 0 Å². The highest BCUT2D eigenvalue weighted by Gasteiger charge is 2.30. The molecule has 0 bridgehead atoms. The van der Waals surface area contributed by atoms with Gasteiger partial charge in [0.15, 0.2) is 5.82 Å². The molecule has 0 amide bonds. The van der Waals surface area contributed by atoms with Crippen molar-refractivity contribution in [2.75, 3.05) is 32.7 Å². The Balaban J connectivity index is 1.69. The Morgan fingerprint density at radius 3 is 2.59 bits per heavy atom. The fourth-order valence-corrected chi connectivity index (χ4v) is 3.87. The first-order chi connectivity index (χ1) is 10.8. The lowest BCUT2D eigenvalue weighted by Crippen LogP contribution is -2.48. The summed E-state index contributed by atoms with van der Waals surface area (Å²) >= 11 is 0. The van der Waals surface area contributed by atoms with Crippen molar-refractivity contribution in [2.45, 2.75) is 51.1 Å². The van der Waals surface area contributed by atoms with Crippen LogP contribution in [0.3, 0.4) is 0 Å². The molecule has 0 radical (unpaired) electrons. The largest absolute Gasteiger partial charge is 0.297 e. The van der Waals surface area contributed by atoms with E-state index in [0.717, 1.165) is 45.0 Å². The van der Waals surface area contributed by atoms with Gasteiger partial charge in [0.1, 0.15) is 0 Å². The van der Waals surface area contributed by atoms with E-state index >= 15 is 0 Å². The zero-order valence-corrected chi connectivity index (χ0v) is 13.7. The minimum Gasteiger partial charge on any atom is -0.297 e. The lowest BCUT2D eigenvalue weighted by molar-refractivity contribution is 0.0937. The molecule has 1 saturated heterocycles. The summed E-state index contributed by atoms with van der Waals surface area (Å²) in [5, 5.41) is 12.7. The Hall–Kier alpha value is -1.27. The van der Waals surface area contributed by atoms with E-state index in [1.807, 2.05) is 6.08 Å². The minimum atomic E-state index is 0.349. The molecule has 1 saturated carbocycles. The fraction of sp³-hybridized carbons (Fsp3) is 0.812. The fourth-order valence-electron chi connectivity index (χ4n) is 3.87. The zero-order chi connectivity index (χ0) is 15.4. The molecule has 1 aromatic heterocycles. The third-order valence-corrected chi connectivity index (χ3v) is 5.11. The molecule has 6 nitrogen and oxygen atoms in total. The first-order valence-corrected chi connectivity index (χ1v) is 8.68. The van der Waals surface area contributed by atoms with Crippen molar-refractivity contribution in [2.24, 2.45) is 0 Å². The Morgan fingerprint density at radius 2 is 1.95 bits per heavy atom. The highest BCUT2D eigenvalue weighted by molar-refractivity contribution is 4.97. The summed E-state index contributed by atoms with van der Waals surface area (Å²) in [6.45, 7) is 11.5. The highest BCUT2D eigenvalue weighted by Crippen LogP contribution is 2.32. The quantitative estimate of drug-likeness (QED) is 0.753. The molecular weight excluding hydrogens is 276 g/mol. The minimum absolute atomic E-state index is 0.349. The van der Waals surface area contributed by atoms with Crippen LogP contribution in [0.4, 0.5) is 0 Å². The van der Waals surface area contributed by atoms with Gasteiger partial charge in [-0.15, -0.1) is 11.7 Å². The third kappa shape index (κ3) is 3.22. The van der Waals surface area contributed by atoms with E-state index in [1.54, 1.807) is 0 Å². The standard InChI is InChI=1S/C16H28N6/c1-3-9-20-10-12-21(13-11-20)15(4-2)16-17-18-19-22(16)14-7-5-6-8-14/h3,14-15H,1,4-13H2,2H3/t15-/m1/s1. The molecule has 0 unspecified atom stereocenters. The van der Waals surface area contributed by atoms with Gasteiger partial charge in [-0.2, -0.15) is 0 Å². The van der Waals surface area contributed by atoms with Crippen molar-refractivity contribution in [1.29, 1.82) is 0 Å². The molecule has 6 heteroatoms. The zero-order valence-electron chi connectivity index (χ0n) is 13.7. The summed E-state index contributed by atoms with van der Waals surface area (Å²) in [6.07, 6.45) is 8.12. The van der Waals surface area contributed by atoms with E-state index in [9.17, 15) is 0 Å². The van der Waals surface area contributed by atoms with Crippen molar-refractivity contribution in [3.8, 4) is 0 Å². The van der Waals surface area contributed by atoms with Gasteiger partial charge in [0, 0.05) is 32.7 Å². The molecular formula is C16H28N6. The number of hydrogen-bond acceptors (Lipinski definition) is 5. The van der Waals surface area contributed by atoms with Crippen LogP contribution < -0.4 is 0 Å². The van der Waals surface area contributed by atoms with Gasteiger partial charge in [-0.05, 0) is 29.7 Å². The maximum atomic E-state index is 4.39. The third-order valence-electron chi connectivity index (χ3n) is 5.11. The molecule has 1 aliphatic carbocycles. The van der Waals surface area contributed by atoms with Crippen LogP contribution in [-0.4, -0.2) is 62.7 Å². The van der Waals surface area contributed by atoms with Crippen LogP contribution in [0, 0.1) is 0 Å². The molecule has 3 rings (SSSR count). The van der Waals surface area contributed by atoms with E-state index in [1.165, 1.54) is 25.7 Å². The number of rotatable bonds is 6. The lowest BCUT2D eigenvalue weighted by atomic mass is 10.1. The number of aromatic nitrogens is 4. The van der Waals surface area contributed by atoms with Gasteiger partial charge in [-0.25, -0.2) is 4.68 Å². The molecule has 0 spiro atoms. The Bertz CT molecular complexity index is 471. The van der Waals surface area contributed by atoms with Crippen LogP contribution in [0.25, 0.3) is 0 Å². The van der Waals surface area contributed by atoms with Crippen molar-refractivity contribution >= 4 is 0 Å². The topological polar surface area (TPSA) is 50.1 Å². The Morgan fingerprint density at radius 1 is 1.23 bits per heavy atom. The van der Waals surface area contributed by atoms with Gasteiger partial charge in [-0.1, -0.05) is 25.8 Å². The lowest BCUT2D eigenvalue weighted by Gasteiger charge is -2.38. The summed E-state index contributed by atoms with van der Waals surface area (Å²) in [5.74, 6) is 1.08. The highest BCUT2D eigenvalue weighted by atomic mass is 15.6. The van der Waals surface area contributed by atoms with E-state index < -0.39 is 0 Å². The van der Waals surface area contributed by atoms with E-state index in [0.29, 0.717) is 12.1 Å². The second-order valence-electron chi connectivity index (χ2n) is 6.47. The van der Waals surface area contributed by atoms with Gasteiger partial charge < -0.3 is 0 Å². The first-order valence-electron chi connectivity index (χ1n) is 8.68. The van der Waals surface area contributed by atoms with Crippen LogP contribution in [0.2, 0.25) is 0 Å². The second-order valence-corrected chi connectivity index (χ2v) is 6.47. The normalized spacial score (nSPS) is 23.0. The molecule has 1 aliphatic heterocycles. The van der Waals surface area contributed by atoms with Gasteiger partial charge >= 0.3 is 0 Å². The molecule has 2 fully saturated rings. The SMILES string of the molecule is C=CCN1CCN([C@H](CC)c2nnnn2C2CCCC2)CC1. The Kier molecular flexibility index (Phi) is 5.20. The molecule has 2 heterocycles. The average molecular weight is 304 g/mol. The second kappa shape index (κ2) is 7.33. The number of hydrogen-bond donors (Lipinski definition) is 0. The van der Waals surface area contributed by atoms with Crippen LogP contribution in [0.15, 0.2) is 12.7 Å². The van der Waals surface area contributed by atoms with E-state index in [4.69, 9.17) is 0 Å².